The predicted molar refractivity (Wildman–Crippen MR) is 56.3 cm³/mol. The van der Waals surface area contributed by atoms with Crippen LogP contribution >= 0.6 is 27.5 Å². The predicted octanol–water partition coefficient (Wildman–Crippen LogP) is 1.61. The largest absolute Gasteiger partial charge is 0.389 e. The molecule has 6 heteroatoms. The van der Waals surface area contributed by atoms with Crippen LogP contribution in [0.15, 0.2) is 16.7 Å². The molecule has 1 aliphatic rings. The normalized spacial score (nSPS) is 21.6. The first-order valence-corrected chi connectivity index (χ1v) is 5.23. The van der Waals surface area contributed by atoms with E-state index in [-0.39, 0.29) is 6.61 Å². The third-order valence-corrected chi connectivity index (χ3v) is 2.54. The fourth-order valence-electron chi connectivity index (χ4n) is 1.21. The lowest BCUT2D eigenvalue weighted by Gasteiger charge is -2.15. The molecule has 0 aliphatic carbocycles. The Morgan fingerprint density at radius 2 is 2.50 bits per heavy atom. The highest BCUT2D eigenvalue weighted by atomic mass is 79.9. The van der Waals surface area contributed by atoms with E-state index >= 15 is 0 Å². The Kier molecular flexibility index (Phi) is 2.92. The highest BCUT2D eigenvalue weighted by Gasteiger charge is 2.24. The second-order valence-corrected chi connectivity index (χ2v) is 4.29. The lowest BCUT2D eigenvalue weighted by Crippen LogP contribution is -2.21. The van der Waals surface area contributed by atoms with Crippen molar-refractivity contribution in [1.29, 1.82) is 0 Å². The first-order chi connectivity index (χ1) is 6.66. The Morgan fingerprint density at radius 1 is 1.71 bits per heavy atom. The summed E-state index contributed by atoms with van der Waals surface area (Å²) in [7, 11) is 0. The minimum Gasteiger partial charge on any atom is -0.389 e. The van der Waals surface area contributed by atoms with Gasteiger partial charge in [0.2, 0.25) is 0 Å². The smallest absolute Gasteiger partial charge is 0.171 e. The summed E-state index contributed by atoms with van der Waals surface area (Å²) >= 11 is 9.22. The number of pyridine rings is 1. The summed E-state index contributed by atoms with van der Waals surface area (Å²) in [5.74, 6) is 0.534. The van der Waals surface area contributed by atoms with E-state index in [1.54, 1.807) is 12.3 Å². The number of aliphatic hydroxyl groups is 1. The van der Waals surface area contributed by atoms with E-state index in [2.05, 4.69) is 20.9 Å². The average Bonchev–Trinajstić information content (AvgIpc) is 2.51. The lowest BCUT2D eigenvalue weighted by molar-refractivity contribution is 0.115. The van der Waals surface area contributed by atoms with Crippen molar-refractivity contribution in [3.05, 3.63) is 21.8 Å². The van der Waals surface area contributed by atoms with Gasteiger partial charge in [-0.25, -0.2) is 10.0 Å². The molecule has 0 saturated carbocycles. The van der Waals surface area contributed by atoms with Gasteiger partial charge < -0.3 is 5.11 Å². The Bertz CT molecular complexity index is 350. The number of hydrogen-bond acceptors (Lipinski definition) is 4. The molecule has 1 fully saturated rings. The maximum absolute atomic E-state index is 9.26. The Morgan fingerprint density at radius 3 is 3.07 bits per heavy atom. The minimum absolute atomic E-state index is 0.286. The van der Waals surface area contributed by atoms with Gasteiger partial charge in [0.25, 0.3) is 0 Å². The van der Waals surface area contributed by atoms with Gasteiger partial charge in [0, 0.05) is 10.7 Å². The molecule has 1 aliphatic heterocycles. The molecule has 0 aromatic carbocycles. The van der Waals surface area contributed by atoms with E-state index in [0.29, 0.717) is 17.4 Å². The molecular weight excluding hydrogens is 271 g/mol. The molecule has 2 rings (SSSR count). The van der Waals surface area contributed by atoms with Crippen molar-refractivity contribution in [3.63, 3.8) is 0 Å². The van der Waals surface area contributed by atoms with Crippen LogP contribution in [0.25, 0.3) is 0 Å². The van der Waals surface area contributed by atoms with E-state index in [9.17, 15) is 5.11 Å². The molecule has 14 heavy (non-hydrogen) atoms. The third-order valence-electron chi connectivity index (χ3n) is 1.82. The summed E-state index contributed by atoms with van der Waals surface area (Å²) in [4.78, 5) is 9.30. The summed E-state index contributed by atoms with van der Waals surface area (Å²) in [6, 6.07) is 1.73. The fraction of sp³-hybridized carbons (Fsp3) is 0.375. The monoisotopic (exact) mass is 278 g/mol. The zero-order chi connectivity index (χ0) is 10.1. The van der Waals surface area contributed by atoms with Crippen LogP contribution in [-0.2, 0) is 4.84 Å². The van der Waals surface area contributed by atoms with Crippen LogP contribution in [0.5, 0.6) is 0 Å². The van der Waals surface area contributed by atoms with Crippen molar-refractivity contribution < 1.29 is 9.94 Å². The molecule has 1 atom stereocenters. The fourth-order valence-corrected chi connectivity index (χ4v) is 1.94. The van der Waals surface area contributed by atoms with Crippen molar-refractivity contribution in [1.82, 2.24) is 4.98 Å². The van der Waals surface area contributed by atoms with Crippen LogP contribution in [0, 0.1) is 0 Å². The van der Waals surface area contributed by atoms with Gasteiger partial charge in [-0.3, -0.25) is 4.84 Å². The minimum atomic E-state index is -0.475. The summed E-state index contributed by atoms with van der Waals surface area (Å²) in [6.45, 7) is 0.683. The Hall–Kier alpha value is -0.360. The summed E-state index contributed by atoms with van der Waals surface area (Å²) in [5.41, 5.74) is 0. The maximum atomic E-state index is 9.26. The molecule has 1 saturated heterocycles. The van der Waals surface area contributed by atoms with Crippen LogP contribution in [0.2, 0.25) is 5.02 Å². The molecule has 0 spiro atoms. The van der Waals surface area contributed by atoms with Crippen LogP contribution in [0.3, 0.4) is 0 Å². The van der Waals surface area contributed by atoms with Gasteiger partial charge >= 0.3 is 0 Å². The third kappa shape index (κ3) is 2.00. The van der Waals surface area contributed by atoms with Crippen molar-refractivity contribution in [2.75, 3.05) is 18.2 Å². The standard InChI is InChI=1S/C8H8BrClN2O2/c9-5-1-7(10)8(11-2-5)12-3-6(13)4-14-12/h1-2,6,13H,3-4H2. The molecule has 0 radical (unpaired) electrons. The van der Waals surface area contributed by atoms with E-state index in [1.165, 1.54) is 5.06 Å². The van der Waals surface area contributed by atoms with Crippen molar-refractivity contribution in [2.45, 2.75) is 6.10 Å². The zero-order valence-corrected chi connectivity index (χ0v) is 9.49. The van der Waals surface area contributed by atoms with Gasteiger partial charge in [-0.15, -0.1) is 0 Å². The molecule has 0 bridgehead atoms. The van der Waals surface area contributed by atoms with E-state index in [4.69, 9.17) is 16.4 Å². The van der Waals surface area contributed by atoms with Gasteiger partial charge in [-0.2, -0.15) is 0 Å². The van der Waals surface area contributed by atoms with Gasteiger partial charge in [0.1, 0.15) is 6.61 Å². The zero-order valence-electron chi connectivity index (χ0n) is 7.15. The molecule has 1 unspecified atom stereocenters. The second kappa shape index (κ2) is 4.02. The molecule has 1 aromatic rings. The van der Waals surface area contributed by atoms with Gasteiger partial charge in [0.15, 0.2) is 5.82 Å². The highest BCUT2D eigenvalue weighted by Crippen LogP contribution is 2.28. The Balaban J connectivity index is 2.24. The van der Waals surface area contributed by atoms with E-state index in [1.807, 2.05) is 0 Å². The molecule has 76 valence electrons. The number of β-amino-alcohol motifs (C(OH)–C–C–N with tert-alkyl or cyclic N) is 1. The molecule has 1 N–H and O–H groups in total. The number of hydrogen-bond donors (Lipinski definition) is 1. The number of rotatable bonds is 1. The SMILES string of the molecule is OC1CON(c2ncc(Br)cc2Cl)C1. The topological polar surface area (TPSA) is 45.6 Å². The highest BCUT2D eigenvalue weighted by molar-refractivity contribution is 9.10. The molecule has 1 aromatic heterocycles. The second-order valence-electron chi connectivity index (χ2n) is 2.97. The first-order valence-electron chi connectivity index (χ1n) is 4.06. The summed E-state index contributed by atoms with van der Waals surface area (Å²) < 4.78 is 0.811. The van der Waals surface area contributed by atoms with E-state index in [0.717, 1.165) is 4.47 Å². The van der Waals surface area contributed by atoms with Crippen LogP contribution in [-0.4, -0.2) is 29.3 Å². The van der Waals surface area contributed by atoms with Crippen LogP contribution in [0.1, 0.15) is 0 Å². The number of aromatic nitrogens is 1. The quantitative estimate of drug-likeness (QED) is 0.848. The van der Waals surface area contributed by atoms with E-state index < -0.39 is 6.10 Å². The van der Waals surface area contributed by atoms with Crippen LogP contribution in [0.4, 0.5) is 5.82 Å². The summed E-state index contributed by atoms with van der Waals surface area (Å²) in [6.07, 6.45) is 1.16. The first kappa shape index (κ1) is 10.2. The van der Waals surface area contributed by atoms with Crippen molar-refractivity contribution >= 4 is 33.3 Å². The molecular formula is C8H8BrClN2O2. The van der Waals surface area contributed by atoms with Gasteiger partial charge in [0.05, 0.1) is 17.7 Å². The van der Waals surface area contributed by atoms with Crippen LogP contribution < -0.4 is 5.06 Å². The molecule has 2 heterocycles. The molecule has 0 amide bonds. The average molecular weight is 280 g/mol. The van der Waals surface area contributed by atoms with Gasteiger partial charge in [-0.05, 0) is 22.0 Å². The number of aliphatic hydroxyl groups excluding tert-OH is 1. The number of nitrogens with zero attached hydrogens (tertiary/aromatic N) is 2. The summed E-state index contributed by atoms with van der Waals surface area (Å²) in [5, 5.41) is 11.3. The number of hydroxylamine groups is 1. The number of halogens is 2. The van der Waals surface area contributed by atoms with Crippen molar-refractivity contribution in [3.8, 4) is 0 Å². The maximum Gasteiger partial charge on any atom is 0.171 e. The number of anilines is 1. The van der Waals surface area contributed by atoms with Crippen molar-refractivity contribution in [2.24, 2.45) is 0 Å². The Labute approximate surface area is 94.5 Å². The van der Waals surface area contributed by atoms with Gasteiger partial charge in [-0.1, -0.05) is 11.6 Å². The lowest BCUT2D eigenvalue weighted by atomic mass is 10.4. The molecule has 4 nitrogen and oxygen atoms in total.